The van der Waals surface area contributed by atoms with Gasteiger partial charge in [-0.05, 0) is 31.5 Å². The molecule has 126 valence electrons. The summed E-state index contributed by atoms with van der Waals surface area (Å²) in [5, 5.41) is 10.9. The van der Waals surface area contributed by atoms with Gasteiger partial charge in [0.25, 0.3) is 0 Å². The van der Waals surface area contributed by atoms with Gasteiger partial charge in [-0.3, -0.25) is 4.99 Å². The van der Waals surface area contributed by atoms with E-state index in [1.54, 1.807) is 24.5 Å². The molecule has 2 N–H and O–H groups in total. The number of guanidine groups is 1. The van der Waals surface area contributed by atoms with Crippen molar-refractivity contribution >= 4 is 64.5 Å². The molecule has 2 aromatic rings. The van der Waals surface area contributed by atoms with Gasteiger partial charge in [-0.25, -0.2) is 4.98 Å². The number of benzene rings is 1. The van der Waals surface area contributed by atoms with Crippen molar-refractivity contribution in [1.82, 2.24) is 15.6 Å². The van der Waals surface area contributed by atoms with E-state index in [1.165, 1.54) is 0 Å². The number of aromatic nitrogens is 1. The van der Waals surface area contributed by atoms with Gasteiger partial charge in [0, 0.05) is 28.2 Å². The minimum absolute atomic E-state index is 0. The molecule has 1 unspecified atom stereocenters. The van der Waals surface area contributed by atoms with E-state index in [1.807, 2.05) is 31.4 Å². The van der Waals surface area contributed by atoms with Gasteiger partial charge in [0.1, 0.15) is 5.01 Å². The summed E-state index contributed by atoms with van der Waals surface area (Å²) in [5.74, 6) is 0.700. The summed E-state index contributed by atoms with van der Waals surface area (Å²) >= 11 is 13.8. The number of aliphatic imine (C=N–C) groups is 1. The molecular formula is C15H19Cl2IN4S. The molecule has 1 atom stereocenters. The first-order chi connectivity index (χ1) is 10.5. The predicted octanol–water partition coefficient (Wildman–Crippen LogP) is 4.80. The van der Waals surface area contributed by atoms with Gasteiger partial charge in [-0.2, -0.15) is 0 Å². The molecule has 0 amide bonds. The number of nitrogens with zero attached hydrogens (tertiary/aromatic N) is 2. The second kappa shape index (κ2) is 9.66. The van der Waals surface area contributed by atoms with Gasteiger partial charge in [0.2, 0.25) is 0 Å². The van der Waals surface area contributed by atoms with E-state index in [-0.39, 0.29) is 30.0 Å². The van der Waals surface area contributed by atoms with E-state index >= 15 is 0 Å². The maximum atomic E-state index is 6.23. The van der Waals surface area contributed by atoms with Crippen molar-refractivity contribution in [3.8, 4) is 0 Å². The third kappa shape index (κ3) is 6.10. The third-order valence-electron chi connectivity index (χ3n) is 3.08. The van der Waals surface area contributed by atoms with Crippen molar-refractivity contribution in [2.45, 2.75) is 26.4 Å². The number of aryl methyl sites for hydroxylation is 1. The average molecular weight is 485 g/mol. The Labute approximate surface area is 167 Å². The first-order valence-electron chi connectivity index (χ1n) is 6.82. The zero-order chi connectivity index (χ0) is 16.1. The van der Waals surface area contributed by atoms with Gasteiger partial charge in [-0.1, -0.05) is 29.3 Å². The Bertz CT molecular complexity index is 675. The minimum Gasteiger partial charge on any atom is -0.350 e. The molecule has 0 aliphatic rings. The topological polar surface area (TPSA) is 49.3 Å². The summed E-state index contributed by atoms with van der Waals surface area (Å²) in [6, 6.07) is 5.49. The highest BCUT2D eigenvalue weighted by Gasteiger charge is 2.12. The lowest BCUT2D eigenvalue weighted by Gasteiger charge is -2.19. The maximum Gasteiger partial charge on any atom is 0.191 e. The maximum absolute atomic E-state index is 6.23. The lowest BCUT2D eigenvalue weighted by molar-refractivity contribution is 0.685. The van der Waals surface area contributed by atoms with Crippen molar-refractivity contribution in [2.75, 3.05) is 7.05 Å². The predicted molar refractivity (Wildman–Crippen MR) is 110 cm³/mol. The van der Waals surface area contributed by atoms with E-state index in [9.17, 15) is 0 Å². The van der Waals surface area contributed by atoms with Gasteiger partial charge in [0.05, 0.1) is 12.6 Å². The molecule has 23 heavy (non-hydrogen) atoms. The summed E-state index contributed by atoms with van der Waals surface area (Å²) in [7, 11) is 1.73. The van der Waals surface area contributed by atoms with Crippen molar-refractivity contribution < 1.29 is 0 Å². The largest absolute Gasteiger partial charge is 0.350 e. The molecule has 1 aromatic heterocycles. The van der Waals surface area contributed by atoms with Crippen molar-refractivity contribution in [1.29, 1.82) is 0 Å². The number of nitrogens with one attached hydrogen (secondary N) is 2. The van der Waals surface area contributed by atoms with Crippen LogP contribution in [-0.4, -0.2) is 18.0 Å². The Hall–Kier alpha value is -0.570. The number of hydrogen-bond donors (Lipinski definition) is 2. The molecule has 0 spiro atoms. The number of halogens is 3. The lowest BCUT2D eigenvalue weighted by atomic mass is 10.1. The molecule has 0 radical (unpaired) electrons. The Balaban J connectivity index is 0.00000264. The summed E-state index contributed by atoms with van der Waals surface area (Å²) in [4.78, 5) is 8.64. The SMILES string of the molecule is CN=C(NCc1nc(C)cs1)NC(C)c1ccc(Cl)cc1Cl.I. The summed E-state index contributed by atoms with van der Waals surface area (Å²) in [6.45, 7) is 4.65. The molecule has 0 saturated carbocycles. The summed E-state index contributed by atoms with van der Waals surface area (Å²) < 4.78 is 0. The van der Waals surface area contributed by atoms with Crippen LogP contribution in [0.2, 0.25) is 10.0 Å². The summed E-state index contributed by atoms with van der Waals surface area (Å²) in [5.41, 5.74) is 2.00. The minimum atomic E-state index is 0. The monoisotopic (exact) mass is 484 g/mol. The van der Waals surface area contributed by atoms with Gasteiger partial charge in [0.15, 0.2) is 5.96 Å². The third-order valence-corrected chi connectivity index (χ3v) is 4.61. The van der Waals surface area contributed by atoms with Gasteiger partial charge < -0.3 is 10.6 Å². The van der Waals surface area contributed by atoms with E-state index in [0.717, 1.165) is 16.3 Å². The fourth-order valence-electron chi connectivity index (χ4n) is 1.97. The molecule has 0 aliphatic carbocycles. The van der Waals surface area contributed by atoms with Crippen molar-refractivity contribution in [3.05, 3.63) is 49.9 Å². The first kappa shape index (κ1) is 20.5. The van der Waals surface area contributed by atoms with Crippen LogP contribution in [0, 0.1) is 6.92 Å². The van der Waals surface area contributed by atoms with Crippen LogP contribution < -0.4 is 10.6 Å². The van der Waals surface area contributed by atoms with Crippen LogP contribution in [0.4, 0.5) is 0 Å². The molecular weight excluding hydrogens is 466 g/mol. The fraction of sp³-hybridized carbons (Fsp3) is 0.333. The van der Waals surface area contributed by atoms with Crippen molar-refractivity contribution in [2.24, 2.45) is 4.99 Å². The highest BCUT2D eigenvalue weighted by atomic mass is 127. The highest BCUT2D eigenvalue weighted by molar-refractivity contribution is 14.0. The number of rotatable bonds is 4. The zero-order valence-electron chi connectivity index (χ0n) is 13.1. The summed E-state index contributed by atoms with van der Waals surface area (Å²) in [6.07, 6.45) is 0. The highest BCUT2D eigenvalue weighted by Crippen LogP contribution is 2.25. The molecule has 0 saturated heterocycles. The van der Waals surface area contributed by atoms with Crippen molar-refractivity contribution in [3.63, 3.8) is 0 Å². The molecule has 2 rings (SSSR count). The van der Waals surface area contributed by atoms with E-state index in [2.05, 4.69) is 20.6 Å². The molecule has 1 heterocycles. The normalized spacial score (nSPS) is 12.5. The Morgan fingerprint density at radius 1 is 1.39 bits per heavy atom. The van der Waals surface area contributed by atoms with E-state index in [4.69, 9.17) is 23.2 Å². The molecule has 1 aromatic carbocycles. The lowest BCUT2D eigenvalue weighted by Crippen LogP contribution is -2.38. The van der Waals surface area contributed by atoms with E-state index in [0.29, 0.717) is 22.5 Å². The zero-order valence-corrected chi connectivity index (χ0v) is 17.7. The fourth-order valence-corrected chi connectivity index (χ4v) is 3.26. The van der Waals surface area contributed by atoms with Crippen LogP contribution in [0.15, 0.2) is 28.6 Å². The van der Waals surface area contributed by atoms with Crippen LogP contribution in [0.3, 0.4) is 0 Å². The standard InChI is InChI=1S/C15H18Cl2N4S.HI/c1-9-8-22-14(20-9)7-19-15(18-3)21-10(2)12-5-4-11(16)6-13(12)17;/h4-6,8,10H,7H2,1-3H3,(H2,18,19,21);1H. The molecule has 0 bridgehead atoms. The molecule has 8 heteroatoms. The molecule has 0 aliphatic heterocycles. The Morgan fingerprint density at radius 3 is 2.70 bits per heavy atom. The van der Waals surface area contributed by atoms with Crippen LogP contribution in [0.5, 0.6) is 0 Å². The Kier molecular flexibility index (Phi) is 8.60. The van der Waals surface area contributed by atoms with Crippen LogP contribution in [0.25, 0.3) is 0 Å². The van der Waals surface area contributed by atoms with Crippen LogP contribution in [-0.2, 0) is 6.54 Å². The smallest absolute Gasteiger partial charge is 0.191 e. The van der Waals surface area contributed by atoms with Crippen LogP contribution >= 0.6 is 58.5 Å². The molecule has 0 fully saturated rings. The first-order valence-corrected chi connectivity index (χ1v) is 8.46. The second-order valence-electron chi connectivity index (χ2n) is 4.84. The Morgan fingerprint density at radius 2 is 2.13 bits per heavy atom. The quantitative estimate of drug-likeness (QED) is 0.372. The molecule has 4 nitrogen and oxygen atoms in total. The van der Waals surface area contributed by atoms with Crippen LogP contribution in [0.1, 0.15) is 29.2 Å². The van der Waals surface area contributed by atoms with Gasteiger partial charge >= 0.3 is 0 Å². The number of thiazole rings is 1. The average Bonchev–Trinajstić information content (AvgIpc) is 2.88. The number of hydrogen-bond acceptors (Lipinski definition) is 3. The van der Waals surface area contributed by atoms with Gasteiger partial charge in [-0.15, -0.1) is 35.3 Å². The second-order valence-corrected chi connectivity index (χ2v) is 6.63. The van der Waals surface area contributed by atoms with E-state index < -0.39 is 0 Å².